The molecule has 0 aliphatic carbocycles. The SMILES string of the molecule is N#Cc1ccc(-c2cc3c(-c4ccccc4)nc4cc(-c5c(F)c(F)c(C#N)c(F)c5F)ccc4c3c3nsnc23)cc1. The van der Waals surface area contributed by atoms with Crippen LogP contribution in [0.5, 0.6) is 0 Å². The predicted molar refractivity (Wildman–Crippen MR) is 156 cm³/mol. The third kappa shape index (κ3) is 4.00. The third-order valence-corrected chi connectivity index (χ3v) is 7.86. The molecule has 5 nitrogen and oxygen atoms in total. The van der Waals surface area contributed by atoms with E-state index < -0.39 is 34.4 Å². The van der Waals surface area contributed by atoms with Crippen LogP contribution in [0.2, 0.25) is 0 Å². The molecule has 0 amide bonds. The maximum atomic E-state index is 15.0. The van der Waals surface area contributed by atoms with Gasteiger partial charge >= 0.3 is 0 Å². The second kappa shape index (κ2) is 9.98. The Bertz CT molecular complexity index is 2330. The van der Waals surface area contributed by atoms with Crippen molar-refractivity contribution in [3.8, 4) is 45.6 Å². The highest BCUT2D eigenvalue weighted by Gasteiger charge is 2.27. The van der Waals surface area contributed by atoms with Gasteiger partial charge in [-0.2, -0.15) is 19.3 Å². The van der Waals surface area contributed by atoms with Gasteiger partial charge < -0.3 is 0 Å². The number of pyridine rings is 1. The monoisotopic (exact) mass is 587 g/mol. The molecule has 0 aliphatic rings. The molecule has 0 unspecified atom stereocenters. The Morgan fingerprint density at radius 1 is 0.628 bits per heavy atom. The minimum Gasteiger partial charge on any atom is -0.247 e. The van der Waals surface area contributed by atoms with Crippen molar-refractivity contribution in [2.75, 3.05) is 0 Å². The van der Waals surface area contributed by atoms with Crippen LogP contribution in [0.1, 0.15) is 11.1 Å². The average Bonchev–Trinajstić information content (AvgIpc) is 3.54. The van der Waals surface area contributed by atoms with E-state index in [0.29, 0.717) is 38.6 Å². The van der Waals surface area contributed by atoms with Crippen LogP contribution in [0.15, 0.2) is 78.9 Å². The minimum absolute atomic E-state index is 0.155. The van der Waals surface area contributed by atoms with E-state index in [4.69, 9.17) is 10.2 Å². The highest BCUT2D eigenvalue weighted by atomic mass is 32.1. The van der Waals surface area contributed by atoms with Crippen molar-refractivity contribution in [1.29, 1.82) is 10.5 Å². The first-order chi connectivity index (χ1) is 20.9. The van der Waals surface area contributed by atoms with E-state index in [-0.39, 0.29) is 5.56 Å². The molecule has 0 atom stereocenters. The van der Waals surface area contributed by atoms with Crippen LogP contribution in [0.4, 0.5) is 17.6 Å². The first-order valence-corrected chi connectivity index (χ1v) is 13.5. The minimum atomic E-state index is -1.77. The van der Waals surface area contributed by atoms with Gasteiger partial charge in [0.25, 0.3) is 0 Å². The van der Waals surface area contributed by atoms with Gasteiger partial charge in [0, 0.05) is 27.3 Å². The fourth-order valence-electron chi connectivity index (χ4n) is 5.32. The molecule has 2 heterocycles. The molecule has 43 heavy (non-hydrogen) atoms. The van der Waals surface area contributed by atoms with Gasteiger partial charge in [-0.1, -0.05) is 54.6 Å². The van der Waals surface area contributed by atoms with Gasteiger partial charge in [0.1, 0.15) is 22.7 Å². The molecule has 0 saturated carbocycles. The van der Waals surface area contributed by atoms with E-state index >= 15 is 8.78 Å². The normalized spacial score (nSPS) is 11.2. The molecule has 10 heteroatoms. The van der Waals surface area contributed by atoms with E-state index in [1.54, 1.807) is 18.2 Å². The largest absolute Gasteiger partial charge is 0.247 e. The van der Waals surface area contributed by atoms with Crippen LogP contribution in [0.25, 0.3) is 66.2 Å². The highest BCUT2D eigenvalue weighted by Crippen LogP contribution is 2.42. The Morgan fingerprint density at radius 3 is 1.98 bits per heavy atom. The Kier molecular flexibility index (Phi) is 6.08. The van der Waals surface area contributed by atoms with Gasteiger partial charge in [0.05, 0.1) is 40.1 Å². The second-order valence-electron chi connectivity index (χ2n) is 9.67. The van der Waals surface area contributed by atoms with Crippen LogP contribution < -0.4 is 0 Å². The number of benzene rings is 5. The Labute approximate surface area is 244 Å². The number of nitriles is 2. The summed E-state index contributed by atoms with van der Waals surface area (Å²) in [4.78, 5) is 4.88. The molecule has 5 aromatic carbocycles. The third-order valence-electron chi connectivity index (χ3n) is 7.33. The number of halogens is 4. The van der Waals surface area contributed by atoms with Crippen molar-refractivity contribution >= 4 is 44.4 Å². The van der Waals surface area contributed by atoms with E-state index in [0.717, 1.165) is 33.8 Å². The molecular formula is C33H13F4N5S. The smallest absolute Gasteiger partial charge is 0.180 e. The number of aromatic nitrogens is 3. The molecule has 204 valence electrons. The summed E-state index contributed by atoms with van der Waals surface area (Å²) >= 11 is 1.02. The molecule has 0 N–H and O–H groups in total. The number of fused-ring (bicyclic) bond motifs is 5. The first-order valence-electron chi connectivity index (χ1n) is 12.8. The van der Waals surface area contributed by atoms with Gasteiger partial charge in [-0.25, -0.2) is 22.5 Å². The van der Waals surface area contributed by atoms with E-state index in [2.05, 4.69) is 14.8 Å². The van der Waals surface area contributed by atoms with Crippen molar-refractivity contribution in [1.82, 2.24) is 13.7 Å². The van der Waals surface area contributed by atoms with Crippen LogP contribution in [0, 0.1) is 45.9 Å². The van der Waals surface area contributed by atoms with E-state index in [9.17, 15) is 14.0 Å². The summed E-state index contributed by atoms with van der Waals surface area (Å²) in [7, 11) is 0. The van der Waals surface area contributed by atoms with Crippen molar-refractivity contribution in [3.05, 3.63) is 113 Å². The molecule has 0 aliphatic heterocycles. The summed E-state index contributed by atoms with van der Waals surface area (Å²) < 4.78 is 68.2. The zero-order valence-corrected chi connectivity index (χ0v) is 22.5. The number of hydrogen-bond acceptors (Lipinski definition) is 6. The van der Waals surface area contributed by atoms with Crippen molar-refractivity contribution in [3.63, 3.8) is 0 Å². The van der Waals surface area contributed by atoms with Crippen molar-refractivity contribution < 1.29 is 17.6 Å². The summed E-state index contributed by atoms with van der Waals surface area (Å²) in [5, 5.41) is 20.2. The Morgan fingerprint density at radius 2 is 1.30 bits per heavy atom. The average molecular weight is 588 g/mol. The lowest BCUT2D eigenvalue weighted by Gasteiger charge is -2.14. The summed E-state index contributed by atoms with van der Waals surface area (Å²) in [6.07, 6.45) is 0. The summed E-state index contributed by atoms with van der Waals surface area (Å²) in [5.74, 6) is -6.87. The molecule has 0 fully saturated rings. The fourth-order valence-corrected chi connectivity index (χ4v) is 5.88. The zero-order chi connectivity index (χ0) is 29.8. The lowest BCUT2D eigenvalue weighted by Crippen LogP contribution is -2.04. The van der Waals surface area contributed by atoms with Gasteiger partial charge in [-0.15, -0.1) is 0 Å². The summed E-state index contributed by atoms with van der Waals surface area (Å²) in [5.41, 5.74) is 2.49. The maximum Gasteiger partial charge on any atom is 0.180 e. The van der Waals surface area contributed by atoms with Gasteiger partial charge in [0.15, 0.2) is 23.3 Å². The van der Waals surface area contributed by atoms with Crippen molar-refractivity contribution in [2.24, 2.45) is 0 Å². The summed E-state index contributed by atoms with van der Waals surface area (Å²) in [6.45, 7) is 0. The lowest BCUT2D eigenvalue weighted by atomic mass is 9.92. The summed E-state index contributed by atoms with van der Waals surface area (Å²) in [6, 6.07) is 25.9. The van der Waals surface area contributed by atoms with E-state index in [1.165, 1.54) is 18.2 Å². The number of nitrogens with zero attached hydrogens (tertiary/aromatic N) is 5. The number of rotatable bonds is 3. The van der Waals surface area contributed by atoms with E-state index in [1.807, 2.05) is 48.5 Å². The van der Waals surface area contributed by atoms with Crippen LogP contribution in [0.3, 0.4) is 0 Å². The molecule has 2 aromatic heterocycles. The van der Waals surface area contributed by atoms with Crippen LogP contribution in [-0.4, -0.2) is 13.7 Å². The standard InChI is InChI=1S/C33H13F4N5S/c34-27-23(15-39)28(35)30(37)25(29(27)36)19-10-11-20-24(12-19)40-31(18-4-2-1-3-5-18)22-13-21(17-8-6-16(14-38)7-9-17)32-33(26(20)22)42-43-41-32/h1-13H. The van der Waals surface area contributed by atoms with Gasteiger partial charge in [0.2, 0.25) is 0 Å². The first kappa shape index (κ1) is 26.2. The Balaban J connectivity index is 1.58. The van der Waals surface area contributed by atoms with Gasteiger partial charge in [-0.05, 0) is 35.4 Å². The Hall–Kier alpha value is -5.71. The zero-order valence-electron chi connectivity index (χ0n) is 21.7. The molecule has 0 bridgehead atoms. The molecule has 0 radical (unpaired) electrons. The lowest BCUT2D eigenvalue weighted by molar-refractivity contribution is 0.454. The molecule has 7 rings (SSSR count). The maximum absolute atomic E-state index is 15.0. The number of hydrogen-bond donors (Lipinski definition) is 0. The quantitative estimate of drug-likeness (QED) is 0.117. The molecule has 0 saturated heterocycles. The topological polar surface area (TPSA) is 86.2 Å². The fraction of sp³-hybridized carbons (Fsp3) is 0. The predicted octanol–water partition coefficient (Wildman–Crippen LogP) is 8.69. The van der Waals surface area contributed by atoms with Crippen molar-refractivity contribution in [2.45, 2.75) is 0 Å². The van der Waals surface area contributed by atoms with Gasteiger partial charge in [-0.3, -0.25) is 0 Å². The highest BCUT2D eigenvalue weighted by molar-refractivity contribution is 7.00. The second-order valence-corrected chi connectivity index (χ2v) is 10.2. The van der Waals surface area contributed by atoms with Crippen LogP contribution >= 0.6 is 11.7 Å². The molecular weight excluding hydrogens is 574 g/mol. The van der Waals surface area contributed by atoms with Crippen LogP contribution in [-0.2, 0) is 0 Å². The molecule has 7 aromatic rings. The molecule has 0 spiro atoms.